The van der Waals surface area contributed by atoms with Crippen molar-refractivity contribution in [3.63, 3.8) is 0 Å². The Morgan fingerprint density at radius 3 is 2.96 bits per heavy atom. The molecule has 1 aromatic heterocycles. The van der Waals surface area contributed by atoms with E-state index in [9.17, 15) is 9.90 Å². The van der Waals surface area contributed by atoms with Gasteiger partial charge in [0.05, 0.1) is 18.7 Å². The highest BCUT2D eigenvalue weighted by atomic mass is 16.5. The number of rotatable bonds is 2. The predicted molar refractivity (Wildman–Crippen MR) is 98.6 cm³/mol. The molecule has 3 aliphatic rings. The number of nitrogens with zero attached hydrogens (tertiary/aromatic N) is 2. The van der Waals surface area contributed by atoms with Crippen molar-refractivity contribution in [2.24, 2.45) is 5.41 Å². The highest BCUT2D eigenvalue weighted by Gasteiger charge is 2.59. The number of ether oxygens (including phenoxy) is 1. The lowest BCUT2D eigenvalue weighted by Crippen LogP contribution is -2.58. The zero-order chi connectivity index (χ0) is 18.1. The number of fused-ring (bicyclic) bond motifs is 3. The van der Waals surface area contributed by atoms with Crippen LogP contribution >= 0.6 is 0 Å². The number of hydrogen-bond acceptors (Lipinski definition) is 4. The SMILES string of the molecule is CC[C@]12C=CCN3CCc4c(n(c5ccccc45)[C@@](O)(C(=O)OC)C1)[C@@H]32. The zero-order valence-electron chi connectivity index (χ0n) is 15.2. The molecule has 3 atom stereocenters. The third kappa shape index (κ3) is 1.75. The summed E-state index contributed by atoms with van der Waals surface area (Å²) in [5.74, 6) is -0.580. The van der Waals surface area contributed by atoms with E-state index in [0.717, 1.165) is 42.5 Å². The summed E-state index contributed by atoms with van der Waals surface area (Å²) in [5, 5.41) is 12.8. The summed E-state index contributed by atoms with van der Waals surface area (Å²) in [6.07, 6.45) is 6.57. The summed E-state index contributed by atoms with van der Waals surface area (Å²) in [7, 11) is 1.35. The summed E-state index contributed by atoms with van der Waals surface area (Å²) in [4.78, 5) is 15.3. The van der Waals surface area contributed by atoms with Gasteiger partial charge in [-0.05, 0) is 24.5 Å². The molecule has 5 heteroatoms. The Bertz CT molecular complexity index is 946. The van der Waals surface area contributed by atoms with Crippen LogP contribution in [0.5, 0.6) is 0 Å². The highest BCUT2D eigenvalue weighted by molar-refractivity contribution is 5.90. The molecular weight excluding hydrogens is 328 g/mol. The van der Waals surface area contributed by atoms with Crippen LogP contribution in [0.2, 0.25) is 0 Å². The largest absolute Gasteiger partial charge is 0.465 e. The predicted octanol–water partition coefficient (Wildman–Crippen LogP) is 2.73. The lowest BCUT2D eigenvalue weighted by Gasteiger charge is -2.55. The lowest BCUT2D eigenvalue weighted by molar-refractivity contribution is -0.187. The van der Waals surface area contributed by atoms with Crippen LogP contribution in [0.1, 0.15) is 37.1 Å². The van der Waals surface area contributed by atoms with Gasteiger partial charge in [0.15, 0.2) is 0 Å². The van der Waals surface area contributed by atoms with Crippen LogP contribution in [0.15, 0.2) is 36.4 Å². The van der Waals surface area contributed by atoms with E-state index in [1.54, 1.807) is 0 Å². The number of carbonyl (C=O) groups is 1. The summed E-state index contributed by atoms with van der Waals surface area (Å²) < 4.78 is 6.96. The minimum absolute atomic E-state index is 0.193. The average Bonchev–Trinajstić information content (AvgIpc) is 3.02. The van der Waals surface area contributed by atoms with Crippen molar-refractivity contribution in [1.29, 1.82) is 0 Å². The molecule has 136 valence electrons. The van der Waals surface area contributed by atoms with E-state index in [1.165, 1.54) is 12.7 Å². The molecule has 0 spiro atoms. The van der Waals surface area contributed by atoms with Gasteiger partial charge in [-0.2, -0.15) is 0 Å². The number of carbonyl (C=O) groups excluding carboxylic acids is 1. The van der Waals surface area contributed by atoms with Gasteiger partial charge in [-0.15, -0.1) is 0 Å². The van der Waals surface area contributed by atoms with Crippen LogP contribution in [0.25, 0.3) is 10.9 Å². The Kier molecular flexibility index (Phi) is 3.22. The molecule has 5 rings (SSSR count). The Morgan fingerprint density at radius 1 is 1.38 bits per heavy atom. The lowest BCUT2D eigenvalue weighted by atomic mass is 9.64. The monoisotopic (exact) mass is 352 g/mol. The van der Waals surface area contributed by atoms with E-state index >= 15 is 0 Å². The number of aliphatic hydroxyl groups is 1. The van der Waals surface area contributed by atoms with E-state index in [2.05, 4.69) is 30.0 Å². The van der Waals surface area contributed by atoms with Crippen LogP contribution in [0, 0.1) is 5.41 Å². The maximum absolute atomic E-state index is 12.8. The van der Waals surface area contributed by atoms with Gasteiger partial charge in [0.1, 0.15) is 0 Å². The fourth-order valence-electron chi connectivity index (χ4n) is 5.64. The van der Waals surface area contributed by atoms with Crippen molar-refractivity contribution in [1.82, 2.24) is 9.47 Å². The second kappa shape index (κ2) is 5.21. The summed E-state index contributed by atoms with van der Waals surface area (Å²) >= 11 is 0. The smallest absolute Gasteiger partial charge is 0.359 e. The minimum atomic E-state index is -1.68. The summed E-state index contributed by atoms with van der Waals surface area (Å²) in [6, 6.07) is 8.30. The first-order valence-corrected chi connectivity index (χ1v) is 9.41. The van der Waals surface area contributed by atoms with Crippen LogP contribution in [-0.4, -0.2) is 40.7 Å². The average molecular weight is 352 g/mol. The van der Waals surface area contributed by atoms with Crippen molar-refractivity contribution in [2.75, 3.05) is 20.2 Å². The highest BCUT2D eigenvalue weighted by Crippen LogP contribution is 2.58. The topological polar surface area (TPSA) is 54.7 Å². The first-order valence-electron chi connectivity index (χ1n) is 9.41. The van der Waals surface area contributed by atoms with E-state index in [4.69, 9.17) is 4.74 Å². The molecule has 1 aromatic carbocycles. The van der Waals surface area contributed by atoms with E-state index in [1.807, 2.05) is 22.8 Å². The number of aromatic nitrogens is 1. The first kappa shape index (κ1) is 16.1. The Balaban J connectivity index is 1.92. The minimum Gasteiger partial charge on any atom is -0.465 e. The van der Waals surface area contributed by atoms with E-state index in [-0.39, 0.29) is 11.5 Å². The third-order valence-electron chi connectivity index (χ3n) is 6.74. The molecule has 26 heavy (non-hydrogen) atoms. The molecule has 0 bridgehead atoms. The molecule has 2 aromatic rings. The fourth-order valence-corrected chi connectivity index (χ4v) is 5.64. The molecule has 0 fully saturated rings. The van der Waals surface area contributed by atoms with Crippen LogP contribution in [0.3, 0.4) is 0 Å². The number of hydrogen-bond donors (Lipinski definition) is 1. The van der Waals surface area contributed by atoms with Gasteiger partial charge in [-0.25, -0.2) is 4.79 Å². The summed E-state index contributed by atoms with van der Waals surface area (Å²) in [6.45, 7) is 4.08. The van der Waals surface area contributed by atoms with Crippen molar-refractivity contribution < 1.29 is 14.6 Å². The van der Waals surface area contributed by atoms with Gasteiger partial charge in [0, 0.05) is 36.0 Å². The molecule has 5 nitrogen and oxygen atoms in total. The Morgan fingerprint density at radius 2 is 2.19 bits per heavy atom. The maximum Gasteiger partial charge on any atom is 0.359 e. The van der Waals surface area contributed by atoms with Crippen molar-refractivity contribution >= 4 is 16.9 Å². The Labute approximate surface area is 152 Å². The zero-order valence-corrected chi connectivity index (χ0v) is 15.2. The van der Waals surface area contributed by atoms with Gasteiger partial charge in [-0.1, -0.05) is 37.3 Å². The second-order valence-corrected chi connectivity index (χ2v) is 7.84. The van der Waals surface area contributed by atoms with Crippen molar-refractivity contribution in [3.8, 4) is 0 Å². The number of esters is 1. The van der Waals surface area contributed by atoms with E-state index < -0.39 is 11.7 Å². The summed E-state index contributed by atoms with van der Waals surface area (Å²) in [5.41, 5.74) is 1.35. The third-order valence-corrected chi connectivity index (χ3v) is 6.74. The maximum atomic E-state index is 12.8. The molecule has 3 aliphatic heterocycles. The molecule has 0 saturated carbocycles. The van der Waals surface area contributed by atoms with Gasteiger partial charge in [0.25, 0.3) is 0 Å². The molecule has 0 amide bonds. The molecule has 0 unspecified atom stereocenters. The Hall–Kier alpha value is -2.11. The van der Waals surface area contributed by atoms with Gasteiger partial charge in [-0.3, -0.25) is 4.90 Å². The number of benzene rings is 1. The van der Waals surface area contributed by atoms with Gasteiger partial charge < -0.3 is 14.4 Å². The molecule has 1 N–H and O–H groups in total. The van der Waals surface area contributed by atoms with Gasteiger partial charge in [0.2, 0.25) is 5.72 Å². The van der Waals surface area contributed by atoms with Crippen LogP contribution in [0.4, 0.5) is 0 Å². The van der Waals surface area contributed by atoms with Crippen LogP contribution < -0.4 is 0 Å². The second-order valence-electron chi connectivity index (χ2n) is 7.84. The molecular formula is C21H24N2O3. The first-order chi connectivity index (χ1) is 12.6. The van der Waals surface area contributed by atoms with Crippen molar-refractivity contribution in [3.05, 3.63) is 47.7 Å². The normalized spacial score (nSPS) is 32.5. The van der Waals surface area contributed by atoms with Crippen molar-refractivity contribution in [2.45, 2.75) is 38.0 Å². The van der Waals surface area contributed by atoms with Gasteiger partial charge >= 0.3 is 5.97 Å². The molecule has 4 heterocycles. The number of para-hydroxylation sites is 1. The quantitative estimate of drug-likeness (QED) is 0.667. The molecule has 0 radical (unpaired) electrons. The molecule has 0 aliphatic carbocycles. The van der Waals surface area contributed by atoms with E-state index in [0.29, 0.717) is 6.42 Å². The fraction of sp³-hybridized carbons (Fsp3) is 0.476. The molecule has 0 saturated heterocycles. The standard InChI is InChI=1S/C21H24N2O3/c1-3-20-10-6-11-22-12-9-15-14-7-4-5-8-16(14)23(17(15)18(20)22)21(25,13-20)19(24)26-2/h4-8,10,18,25H,3,9,11-13H2,1-2H3/t18-,20+,21+/m1/s1. The number of methoxy groups -OCH3 is 1. The van der Waals surface area contributed by atoms with Crippen LogP contribution in [-0.2, 0) is 21.7 Å².